The largest absolute Gasteiger partial charge is 0.422 e. The standard InChI is InChI=1S/C14H10BrNO3/c1-9-11(8-17)4-5-12(13(9)15)19-14(18)10-3-2-6-16-7-10/h2-8H,1H3. The summed E-state index contributed by atoms with van der Waals surface area (Å²) in [5.74, 6) is -0.121. The van der Waals surface area contributed by atoms with Gasteiger partial charge in [-0.3, -0.25) is 9.78 Å². The summed E-state index contributed by atoms with van der Waals surface area (Å²) in [4.78, 5) is 26.5. The van der Waals surface area contributed by atoms with Crippen LogP contribution in [0, 0.1) is 6.92 Å². The lowest BCUT2D eigenvalue weighted by atomic mass is 10.1. The Labute approximate surface area is 118 Å². The fourth-order valence-electron chi connectivity index (χ4n) is 1.52. The number of carbonyl (C=O) groups excluding carboxylic acids is 2. The molecule has 0 aliphatic carbocycles. The molecule has 0 unspecified atom stereocenters. The molecule has 0 aliphatic rings. The number of nitrogens with zero attached hydrogens (tertiary/aromatic N) is 1. The van der Waals surface area contributed by atoms with Gasteiger partial charge in [-0.05, 0) is 52.7 Å². The molecule has 2 rings (SSSR count). The van der Waals surface area contributed by atoms with E-state index in [2.05, 4.69) is 20.9 Å². The zero-order valence-corrected chi connectivity index (χ0v) is 11.7. The maximum absolute atomic E-state index is 11.9. The van der Waals surface area contributed by atoms with Crippen molar-refractivity contribution in [2.24, 2.45) is 0 Å². The molecule has 0 atom stereocenters. The third-order valence-corrected chi connectivity index (χ3v) is 3.61. The van der Waals surface area contributed by atoms with Crippen molar-refractivity contribution in [2.45, 2.75) is 6.92 Å². The van der Waals surface area contributed by atoms with E-state index in [1.165, 1.54) is 6.20 Å². The summed E-state index contributed by atoms with van der Waals surface area (Å²) in [6.07, 6.45) is 3.77. The van der Waals surface area contributed by atoms with E-state index in [4.69, 9.17) is 4.74 Å². The Bertz CT molecular complexity index is 626. The molecule has 0 aliphatic heterocycles. The van der Waals surface area contributed by atoms with Gasteiger partial charge in [-0.1, -0.05) is 0 Å². The predicted molar refractivity (Wildman–Crippen MR) is 73.5 cm³/mol. The molecule has 0 amide bonds. The molecule has 19 heavy (non-hydrogen) atoms. The van der Waals surface area contributed by atoms with Crippen molar-refractivity contribution in [3.63, 3.8) is 0 Å². The summed E-state index contributed by atoms with van der Waals surface area (Å²) in [5, 5.41) is 0. The normalized spacial score (nSPS) is 10.0. The second-order valence-corrected chi connectivity index (χ2v) is 4.63. The Balaban J connectivity index is 2.28. The second-order valence-electron chi connectivity index (χ2n) is 3.84. The molecule has 0 saturated heterocycles. The lowest BCUT2D eigenvalue weighted by Gasteiger charge is -2.09. The van der Waals surface area contributed by atoms with Crippen molar-refractivity contribution < 1.29 is 14.3 Å². The van der Waals surface area contributed by atoms with Crippen LogP contribution in [0.1, 0.15) is 26.3 Å². The van der Waals surface area contributed by atoms with Gasteiger partial charge in [-0.2, -0.15) is 0 Å². The van der Waals surface area contributed by atoms with E-state index in [-0.39, 0.29) is 0 Å². The van der Waals surface area contributed by atoms with E-state index >= 15 is 0 Å². The minimum absolute atomic E-state index is 0.367. The summed E-state index contributed by atoms with van der Waals surface area (Å²) < 4.78 is 5.86. The summed E-state index contributed by atoms with van der Waals surface area (Å²) >= 11 is 3.32. The molecule has 96 valence electrons. The molecule has 1 aromatic carbocycles. The first-order valence-corrected chi connectivity index (χ1v) is 6.29. The fraction of sp³-hybridized carbons (Fsp3) is 0.0714. The molecule has 0 N–H and O–H groups in total. The van der Waals surface area contributed by atoms with Crippen LogP contribution in [-0.4, -0.2) is 17.2 Å². The molecule has 0 spiro atoms. The zero-order chi connectivity index (χ0) is 13.8. The van der Waals surface area contributed by atoms with E-state index in [1.54, 1.807) is 37.4 Å². The van der Waals surface area contributed by atoms with Crippen LogP contribution in [0.5, 0.6) is 5.75 Å². The first-order valence-electron chi connectivity index (χ1n) is 5.50. The van der Waals surface area contributed by atoms with E-state index in [1.807, 2.05) is 0 Å². The number of carbonyl (C=O) groups is 2. The molecule has 0 radical (unpaired) electrons. The monoisotopic (exact) mass is 319 g/mol. The van der Waals surface area contributed by atoms with Crippen LogP contribution in [0.25, 0.3) is 0 Å². The second kappa shape index (κ2) is 5.75. The van der Waals surface area contributed by atoms with Crippen molar-refractivity contribution in [1.29, 1.82) is 0 Å². The third-order valence-electron chi connectivity index (χ3n) is 2.62. The number of hydrogen-bond donors (Lipinski definition) is 0. The van der Waals surface area contributed by atoms with Crippen LogP contribution in [0.2, 0.25) is 0 Å². The Hall–Kier alpha value is -2.01. The topological polar surface area (TPSA) is 56.3 Å². The Kier molecular flexibility index (Phi) is 4.06. The van der Waals surface area contributed by atoms with Crippen LogP contribution >= 0.6 is 15.9 Å². The van der Waals surface area contributed by atoms with Crippen molar-refractivity contribution >= 4 is 28.2 Å². The van der Waals surface area contributed by atoms with Gasteiger partial charge in [0.15, 0.2) is 0 Å². The SMILES string of the molecule is Cc1c(C=O)ccc(OC(=O)c2cccnc2)c1Br. The molecule has 1 heterocycles. The van der Waals surface area contributed by atoms with Gasteiger partial charge in [0.25, 0.3) is 0 Å². The lowest BCUT2D eigenvalue weighted by molar-refractivity contribution is 0.0733. The number of ether oxygens (including phenoxy) is 1. The Morgan fingerprint density at radius 2 is 2.16 bits per heavy atom. The van der Waals surface area contributed by atoms with Gasteiger partial charge in [-0.15, -0.1) is 0 Å². The highest BCUT2D eigenvalue weighted by atomic mass is 79.9. The highest BCUT2D eigenvalue weighted by Gasteiger charge is 2.13. The Morgan fingerprint density at radius 3 is 2.79 bits per heavy atom. The van der Waals surface area contributed by atoms with Crippen LogP contribution in [0.15, 0.2) is 41.1 Å². The molecule has 0 fully saturated rings. The van der Waals surface area contributed by atoms with Crippen molar-refractivity contribution in [3.8, 4) is 5.75 Å². The van der Waals surface area contributed by atoms with E-state index in [0.717, 1.165) is 11.8 Å². The highest BCUT2D eigenvalue weighted by molar-refractivity contribution is 9.10. The van der Waals surface area contributed by atoms with Crippen LogP contribution in [0.3, 0.4) is 0 Å². The predicted octanol–water partition coefficient (Wildman–Crippen LogP) is 3.18. The first kappa shape index (κ1) is 13.4. The summed E-state index contributed by atoms with van der Waals surface area (Å²) in [6.45, 7) is 1.77. The molecule has 2 aromatic rings. The number of rotatable bonds is 3. The van der Waals surface area contributed by atoms with E-state index < -0.39 is 5.97 Å². The first-order chi connectivity index (χ1) is 9.13. The number of pyridine rings is 1. The fourth-order valence-corrected chi connectivity index (χ4v) is 1.97. The number of benzene rings is 1. The molecule has 1 aromatic heterocycles. The lowest BCUT2D eigenvalue weighted by Crippen LogP contribution is -2.09. The van der Waals surface area contributed by atoms with E-state index in [9.17, 15) is 9.59 Å². The number of aldehydes is 1. The van der Waals surface area contributed by atoms with Gasteiger partial charge in [0.05, 0.1) is 10.0 Å². The molecule has 5 heteroatoms. The van der Waals surface area contributed by atoms with Crippen molar-refractivity contribution in [3.05, 3.63) is 57.8 Å². The molecule has 0 saturated carbocycles. The number of esters is 1. The van der Waals surface area contributed by atoms with Crippen LogP contribution < -0.4 is 4.74 Å². The summed E-state index contributed by atoms with van der Waals surface area (Å²) in [5.41, 5.74) is 1.64. The molecular formula is C14H10BrNO3. The van der Waals surface area contributed by atoms with E-state index in [0.29, 0.717) is 21.3 Å². The maximum Gasteiger partial charge on any atom is 0.345 e. The van der Waals surface area contributed by atoms with Crippen LogP contribution in [0.4, 0.5) is 0 Å². The van der Waals surface area contributed by atoms with Crippen molar-refractivity contribution in [2.75, 3.05) is 0 Å². The van der Waals surface area contributed by atoms with Crippen LogP contribution in [-0.2, 0) is 0 Å². The summed E-state index contributed by atoms with van der Waals surface area (Å²) in [6, 6.07) is 6.47. The van der Waals surface area contributed by atoms with Gasteiger partial charge in [-0.25, -0.2) is 4.79 Å². The smallest absolute Gasteiger partial charge is 0.345 e. The Morgan fingerprint density at radius 1 is 1.37 bits per heavy atom. The molecule has 0 bridgehead atoms. The van der Waals surface area contributed by atoms with Gasteiger partial charge in [0.2, 0.25) is 0 Å². The van der Waals surface area contributed by atoms with Crippen molar-refractivity contribution in [1.82, 2.24) is 4.98 Å². The number of aromatic nitrogens is 1. The minimum atomic E-state index is -0.493. The summed E-state index contributed by atoms with van der Waals surface area (Å²) in [7, 11) is 0. The average molecular weight is 320 g/mol. The number of hydrogen-bond acceptors (Lipinski definition) is 4. The minimum Gasteiger partial charge on any atom is -0.422 e. The highest BCUT2D eigenvalue weighted by Crippen LogP contribution is 2.30. The molecule has 4 nitrogen and oxygen atoms in total. The third kappa shape index (κ3) is 2.88. The zero-order valence-electron chi connectivity index (χ0n) is 10.1. The average Bonchev–Trinajstić information content (AvgIpc) is 2.45. The molecular weight excluding hydrogens is 310 g/mol. The van der Waals surface area contributed by atoms with Gasteiger partial charge >= 0.3 is 5.97 Å². The van der Waals surface area contributed by atoms with Gasteiger partial charge in [0, 0.05) is 18.0 Å². The number of halogens is 1. The van der Waals surface area contributed by atoms with Gasteiger partial charge in [0.1, 0.15) is 12.0 Å². The maximum atomic E-state index is 11.9. The van der Waals surface area contributed by atoms with Gasteiger partial charge < -0.3 is 4.74 Å². The quantitative estimate of drug-likeness (QED) is 0.495.